The van der Waals surface area contributed by atoms with Crippen LogP contribution in [0.15, 0.2) is 11.6 Å². The molecule has 0 bridgehead atoms. The Morgan fingerprint density at radius 1 is 1.30 bits per heavy atom. The first-order valence-electron chi connectivity index (χ1n) is 6.46. The van der Waals surface area contributed by atoms with E-state index in [1.807, 2.05) is 31.1 Å². The normalized spacial score (nSPS) is 12.2. The number of aromatic nitrogens is 4. The predicted molar refractivity (Wildman–Crippen MR) is 82.5 cm³/mol. The molecule has 0 aliphatic rings. The molecule has 2 aromatic heterocycles. The quantitative estimate of drug-likeness (QED) is 0.884. The highest BCUT2D eigenvalue weighted by atomic mass is 35.5. The van der Waals surface area contributed by atoms with Crippen molar-refractivity contribution >= 4 is 34.8 Å². The van der Waals surface area contributed by atoms with Crippen LogP contribution in [0.2, 0.25) is 5.28 Å². The van der Waals surface area contributed by atoms with Gasteiger partial charge in [-0.1, -0.05) is 0 Å². The molecule has 6 nitrogen and oxygen atoms in total. The number of nitrogens with one attached hydrogen (secondary N) is 1. The second kappa shape index (κ2) is 6.81. The van der Waals surface area contributed by atoms with Crippen molar-refractivity contribution in [1.29, 1.82) is 0 Å². The molecule has 0 saturated carbocycles. The van der Waals surface area contributed by atoms with E-state index in [1.54, 1.807) is 17.5 Å². The van der Waals surface area contributed by atoms with E-state index in [0.717, 1.165) is 18.1 Å². The van der Waals surface area contributed by atoms with E-state index < -0.39 is 0 Å². The van der Waals surface area contributed by atoms with E-state index in [-0.39, 0.29) is 11.3 Å². The summed E-state index contributed by atoms with van der Waals surface area (Å²) in [6.45, 7) is 7.74. The molecule has 0 aliphatic carbocycles. The van der Waals surface area contributed by atoms with E-state index in [1.165, 1.54) is 0 Å². The van der Waals surface area contributed by atoms with Gasteiger partial charge in [0, 0.05) is 24.7 Å². The standard InChI is InChI=1S/C12H17ClN6S/c1-4-19(5-2)12-17-10(13)16-11(18-12)15-8(3)9-14-6-7-20-9/h6-8H,4-5H2,1-3H3,(H,15,16,17,18). The first-order chi connectivity index (χ1) is 9.63. The summed E-state index contributed by atoms with van der Waals surface area (Å²) in [5.41, 5.74) is 0. The summed E-state index contributed by atoms with van der Waals surface area (Å²) in [4.78, 5) is 19.0. The molecule has 0 radical (unpaired) electrons. The SMILES string of the molecule is CCN(CC)c1nc(Cl)nc(NC(C)c2nccs2)n1. The zero-order valence-electron chi connectivity index (χ0n) is 11.7. The zero-order valence-corrected chi connectivity index (χ0v) is 13.2. The Morgan fingerprint density at radius 3 is 2.65 bits per heavy atom. The first-order valence-corrected chi connectivity index (χ1v) is 7.72. The summed E-state index contributed by atoms with van der Waals surface area (Å²) < 4.78 is 0. The fourth-order valence-electron chi connectivity index (χ4n) is 1.76. The van der Waals surface area contributed by atoms with Crippen LogP contribution in [0.1, 0.15) is 31.8 Å². The molecule has 0 aliphatic heterocycles. The lowest BCUT2D eigenvalue weighted by Crippen LogP contribution is -2.25. The fraction of sp³-hybridized carbons (Fsp3) is 0.500. The highest BCUT2D eigenvalue weighted by molar-refractivity contribution is 7.09. The van der Waals surface area contributed by atoms with E-state index in [9.17, 15) is 0 Å². The third-order valence-corrected chi connectivity index (χ3v) is 3.94. The van der Waals surface area contributed by atoms with Crippen LogP contribution < -0.4 is 10.2 Å². The van der Waals surface area contributed by atoms with Gasteiger partial charge in [-0.05, 0) is 32.4 Å². The van der Waals surface area contributed by atoms with Crippen LogP contribution in [0, 0.1) is 0 Å². The largest absolute Gasteiger partial charge is 0.345 e. The maximum absolute atomic E-state index is 5.97. The zero-order chi connectivity index (χ0) is 14.5. The molecule has 1 atom stereocenters. The Labute approximate surface area is 127 Å². The van der Waals surface area contributed by atoms with Crippen LogP contribution in [-0.2, 0) is 0 Å². The molecule has 1 N–H and O–H groups in total. The number of hydrogen-bond donors (Lipinski definition) is 1. The molecule has 1 unspecified atom stereocenters. The molecule has 0 spiro atoms. The highest BCUT2D eigenvalue weighted by Gasteiger charge is 2.13. The van der Waals surface area contributed by atoms with Crippen LogP contribution in [0.3, 0.4) is 0 Å². The first kappa shape index (κ1) is 14.9. The van der Waals surface area contributed by atoms with Crippen molar-refractivity contribution in [1.82, 2.24) is 19.9 Å². The van der Waals surface area contributed by atoms with Gasteiger partial charge in [0.1, 0.15) is 5.01 Å². The summed E-state index contributed by atoms with van der Waals surface area (Å²) >= 11 is 7.56. The van der Waals surface area contributed by atoms with Gasteiger partial charge in [-0.3, -0.25) is 0 Å². The fourth-order valence-corrected chi connectivity index (χ4v) is 2.56. The Bertz CT molecular complexity index is 543. The van der Waals surface area contributed by atoms with E-state index in [4.69, 9.17) is 11.6 Å². The lowest BCUT2D eigenvalue weighted by atomic mass is 10.4. The highest BCUT2D eigenvalue weighted by Crippen LogP contribution is 2.20. The second-order valence-electron chi connectivity index (χ2n) is 4.14. The van der Waals surface area contributed by atoms with Crippen molar-refractivity contribution in [2.24, 2.45) is 0 Å². The summed E-state index contributed by atoms with van der Waals surface area (Å²) in [5.74, 6) is 1.05. The smallest absolute Gasteiger partial charge is 0.231 e. The van der Waals surface area contributed by atoms with Gasteiger partial charge in [-0.2, -0.15) is 15.0 Å². The lowest BCUT2D eigenvalue weighted by Gasteiger charge is -2.19. The van der Waals surface area contributed by atoms with E-state index in [2.05, 4.69) is 25.3 Å². The molecule has 8 heteroatoms. The molecular formula is C12H17ClN6S. The summed E-state index contributed by atoms with van der Waals surface area (Å²) in [6.07, 6.45) is 1.78. The van der Waals surface area contributed by atoms with Crippen LogP contribution in [-0.4, -0.2) is 33.0 Å². The van der Waals surface area contributed by atoms with Gasteiger partial charge in [0.2, 0.25) is 17.2 Å². The molecule has 2 rings (SSSR count). The number of halogens is 1. The van der Waals surface area contributed by atoms with Crippen LogP contribution in [0.4, 0.5) is 11.9 Å². The predicted octanol–water partition coefficient (Wildman–Crippen LogP) is 3.00. The minimum atomic E-state index is 0.0259. The molecule has 20 heavy (non-hydrogen) atoms. The van der Waals surface area contributed by atoms with Crippen LogP contribution in [0.5, 0.6) is 0 Å². The molecule has 0 saturated heterocycles. The number of nitrogens with zero attached hydrogens (tertiary/aromatic N) is 5. The summed E-state index contributed by atoms with van der Waals surface area (Å²) in [6, 6.07) is 0.0259. The molecule has 2 aromatic rings. The maximum atomic E-state index is 5.97. The molecule has 0 fully saturated rings. The molecule has 2 heterocycles. The van der Waals surface area contributed by atoms with Gasteiger partial charge in [-0.15, -0.1) is 11.3 Å². The summed E-state index contributed by atoms with van der Waals surface area (Å²) in [5, 5.41) is 6.31. The topological polar surface area (TPSA) is 66.8 Å². The number of anilines is 2. The Morgan fingerprint density at radius 2 is 2.05 bits per heavy atom. The minimum Gasteiger partial charge on any atom is -0.345 e. The van der Waals surface area contributed by atoms with Gasteiger partial charge in [0.25, 0.3) is 0 Å². The van der Waals surface area contributed by atoms with Gasteiger partial charge in [-0.25, -0.2) is 4.98 Å². The lowest BCUT2D eigenvalue weighted by molar-refractivity contribution is 0.797. The monoisotopic (exact) mass is 312 g/mol. The third-order valence-electron chi connectivity index (χ3n) is 2.81. The van der Waals surface area contributed by atoms with Crippen molar-refractivity contribution in [2.75, 3.05) is 23.3 Å². The molecule has 0 aromatic carbocycles. The Balaban J connectivity index is 2.19. The van der Waals surface area contributed by atoms with Crippen LogP contribution >= 0.6 is 22.9 Å². The average Bonchev–Trinajstić information content (AvgIpc) is 2.93. The van der Waals surface area contributed by atoms with Gasteiger partial charge < -0.3 is 10.2 Å². The molecule has 0 amide bonds. The van der Waals surface area contributed by atoms with Gasteiger partial charge in [0.15, 0.2) is 0 Å². The van der Waals surface area contributed by atoms with Crippen molar-refractivity contribution < 1.29 is 0 Å². The van der Waals surface area contributed by atoms with Crippen molar-refractivity contribution in [3.05, 3.63) is 21.9 Å². The van der Waals surface area contributed by atoms with E-state index in [0.29, 0.717) is 11.9 Å². The molecular weight excluding hydrogens is 296 g/mol. The van der Waals surface area contributed by atoms with Crippen LogP contribution in [0.25, 0.3) is 0 Å². The van der Waals surface area contributed by atoms with Crippen molar-refractivity contribution in [2.45, 2.75) is 26.8 Å². The summed E-state index contributed by atoms with van der Waals surface area (Å²) in [7, 11) is 0. The van der Waals surface area contributed by atoms with Gasteiger partial charge in [0.05, 0.1) is 6.04 Å². The van der Waals surface area contributed by atoms with Crippen molar-refractivity contribution in [3.63, 3.8) is 0 Å². The van der Waals surface area contributed by atoms with Crippen molar-refractivity contribution in [3.8, 4) is 0 Å². The number of rotatable bonds is 6. The Kier molecular flexibility index (Phi) is 5.08. The molecule has 108 valence electrons. The third kappa shape index (κ3) is 3.55. The second-order valence-corrected chi connectivity index (χ2v) is 5.40. The minimum absolute atomic E-state index is 0.0259. The number of thiazole rings is 1. The van der Waals surface area contributed by atoms with E-state index >= 15 is 0 Å². The average molecular weight is 313 g/mol. The maximum Gasteiger partial charge on any atom is 0.231 e. The van der Waals surface area contributed by atoms with Gasteiger partial charge >= 0.3 is 0 Å². The number of hydrogen-bond acceptors (Lipinski definition) is 7. The Hall–Kier alpha value is -1.47.